The minimum absolute atomic E-state index is 0.167. The fourth-order valence-corrected chi connectivity index (χ4v) is 2.96. The summed E-state index contributed by atoms with van der Waals surface area (Å²) < 4.78 is 10.0. The third-order valence-corrected chi connectivity index (χ3v) is 4.50. The van der Waals surface area contributed by atoms with E-state index in [9.17, 15) is 4.79 Å². The van der Waals surface area contributed by atoms with E-state index in [2.05, 4.69) is 32.2 Å². The minimum atomic E-state index is -0.171. The number of anilines is 1. The summed E-state index contributed by atoms with van der Waals surface area (Å²) in [4.78, 5) is 15.4. The normalized spacial score (nSPS) is 12.1. The van der Waals surface area contributed by atoms with Gasteiger partial charge in [-0.2, -0.15) is 5.10 Å². The van der Waals surface area contributed by atoms with Crippen LogP contribution in [0.1, 0.15) is 56.0 Å². The molecule has 1 fully saturated rings. The first kappa shape index (κ1) is 23.9. The highest BCUT2D eigenvalue weighted by Crippen LogP contribution is 2.22. The molecule has 8 nitrogen and oxygen atoms in total. The van der Waals surface area contributed by atoms with Gasteiger partial charge < -0.3 is 14.6 Å². The first-order valence-corrected chi connectivity index (χ1v) is 10.3. The molecule has 166 valence electrons. The van der Waals surface area contributed by atoms with Gasteiger partial charge in [-0.1, -0.05) is 43.8 Å². The number of allylic oxidation sites excluding steroid dienone is 1. The first-order valence-electron chi connectivity index (χ1n) is 10.3. The van der Waals surface area contributed by atoms with Gasteiger partial charge in [-0.25, -0.2) is 0 Å². The number of nitrogens with one attached hydrogen (secondary N) is 2. The van der Waals surface area contributed by atoms with E-state index in [1.165, 1.54) is 32.1 Å². The summed E-state index contributed by atoms with van der Waals surface area (Å²) in [5.41, 5.74) is 2.77. The van der Waals surface area contributed by atoms with Gasteiger partial charge in [-0.15, -0.1) is 0 Å². The third-order valence-electron chi connectivity index (χ3n) is 4.50. The number of amides is 1. The zero-order valence-corrected chi connectivity index (χ0v) is 18.5. The van der Waals surface area contributed by atoms with E-state index in [0.717, 1.165) is 22.6 Å². The van der Waals surface area contributed by atoms with Crippen molar-refractivity contribution in [3.8, 4) is 5.75 Å². The number of nitrogens with zero attached hydrogens (tertiary/aromatic N) is 3. The van der Waals surface area contributed by atoms with Gasteiger partial charge in [0.25, 0.3) is 0 Å². The smallest absolute Gasteiger partial charge is 0.233 e. The van der Waals surface area contributed by atoms with E-state index >= 15 is 0 Å². The molecule has 1 aliphatic rings. The van der Waals surface area contributed by atoms with Gasteiger partial charge >= 0.3 is 0 Å². The Morgan fingerprint density at radius 3 is 2.42 bits per heavy atom. The maximum absolute atomic E-state index is 11.4. The fraction of sp³-hybridized carbons (Fsp3) is 0.391. The molecule has 0 atom stereocenters. The van der Waals surface area contributed by atoms with Gasteiger partial charge in [0.2, 0.25) is 5.91 Å². The summed E-state index contributed by atoms with van der Waals surface area (Å²) in [6.07, 6.45) is 12.6. The Morgan fingerprint density at radius 1 is 1.23 bits per heavy atom. The number of H-pyrrole nitrogens is 1. The molecule has 0 spiro atoms. The van der Waals surface area contributed by atoms with E-state index in [0.29, 0.717) is 11.6 Å². The number of rotatable bonds is 5. The van der Waals surface area contributed by atoms with Gasteiger partial charge in [0.15, 0.2) is 0 Å². The molecule has 0 aliphatic heterocycles. The largest absolute Gasteiger partial charge is 0.495 e. The molecular formula is C23H31N5O3. The Hall–Kier alpha value is -3.42. The van der Waals surface area contributed by atoms with Crippen LogP contribution in [0.2, 0.25) is 0 Å². The predicted molar refractivity (Wildman–Crippen MR) is 121 cm³/mol. The van der Waals surface area contributed by atoms with Gasteiger partial charge in [-0.3, -0.25) is 14.9 Å². The van der Waals surface area contributed by atoms with Crippen molar-refractivity contribution in [1.29, 1.82) is 0 Å². The SMILES string of the molecule is C1CCCC1.C=C(C)c1ccncc1OC.Cc1cc(CC(=O)Nc2ccn[nH]2)on1. The van der Waals surface area contributed by atoms with Crippen LogP contribution in [0.25, 0.3) is 5.57 Å². The molecule has 1 saturated carbocycles. The molecule has 3 aromatic rings. The molecule has 31 heavy (non-hydrogen) atoms. The highest BCUT2D eigenvalue weighted by molar-refractivity contribution is 5.90. The van der Waals surface area contributed by atoms with Crippen molar-refractivity contribution in [1.82, 2.24) is 20.3 Å². The summed E-state index contributed by atoms with van der Waals surface area (Å²) >= 11 is 0. The average Bonchev–Trinajstić information content (AvgIpc) is 3.53. The van der Waals surface area contributed by atoms with Crippen LogP contribution in [0.15, 0.2) is 47.9 Å². The van der Waals surface area contributed by atoms with Crippen molar-refractivity contribution in [2.24, 2.45) is 0 Å². The summed E-state index contributed by atoms with van der Waals surface area (Å²) in [5.74, 6) is 1.72. The van der Waals surface area contributed by atoms with E-state index in [1.807, 2.05) is 13.0 Å². The number of pyridine rings is 1. The van der Waals surface area contributed by atoms with Gasteiger partial charge in [0.05, 0.1) is 31.6 Å². The summed E-state index contributed by atoms with van der Waals surface area (Å²) in [6.45, 7) is 7.57. The maximum atomic E-state index is 11.4. The third kappa shape index (κ3) is 8.86. The van der Waals surface area contributed by atoms with Crippen LogP contribution in [0, 0.1) is 6.92 Å². The highest BCUT2D eigenvalue weighted by atomic mass is 16.5. The number of methoxy groups -OCH3 is 1. The van der Waals surface area contributed by atoms with Crippen molar-refractivity contribution >= 4 is 17.3 Å². The lowest BCUT2D eigenvalue weighted by Crippen LogP contribution is -2.14. The molecule has 0 aromatic carbocycles. The lowest BCUT2D eigenvalue weighted by atomic mass is 10.1. The monoisotopic (exact) mass is 425 g/mol. The number of carbonyl (C=O) groups is 1. The minimum Gasteiger partial charge on any atom is -0.495 e. The topological polar surface area (TPSA) is 106 Å². The van der Waals surface area contributed by atoms with Crippen LogP contribution in [0.4, 0.5) is 5.82 Å². The zero-order chi connectivity index (χ0) is 22.5. The quantitative estimate of drug-likeness (QED) is 0.598. The summed E-state index contributed by atoms with van der Waals surface area (Å²) in [7, 11) is 1.63. The van der Waals surface area contributed by atoms with Gasteiger partial charge in [0.1, 0.15) is 17.3 Å². The molecule has 3 heterocycles. The van der Waals surface area contributed by atoms with E-state index < -0.39 is 0 Å². The van der Waals surface area contributed by atoms with Crippen molar-refractivity contribution in [3.63, 3.8) is 0 Å². The van der Waals surface area contributed by atoms with Crippen molar-refractivity contribution < 1.29 is 14.1 Å². The van der Waals surface area contributed by atoms with Crippen LogP contribution in [0.5, 0.6) is 5.75 Å². The van der Waals surface area contributed by atoms with Crippen molar-refractivity contribution in [3.05, 3.63) is 60.4 Å². The number of hydrogen-bond donors (Lipinski definition) is 2. The van der Waals surface area contributed by atoms with Crippen molar-refractivity contribution in [2.75, 3.05) is 12.4 Å². The standard InChI is InChI=1S/C9H10N4O2.C9H11NO.C5H10/c1-6-4-7(15-13-6)5-9(14)11-8-2-3-10-12-8;1-7(2)8-4-5-10-6-9(8)11-3;1-2-4-5-3-1/h2-4H,5H2,1H3,(H2,10,11,12,14);4-6H,1H2,2-3H3;1-5H2. The summed E-state index contributed by atoms with van der Waals surface area (Å²) in [5, 5.41) is 12.7. The molecule has 0 bridgehead atoms. The van der Waals surface area contributed by atoms with E-state index in [1.54, 1.807) is 44.8 Å². The fourth-order valence-electron chi connectivity index (χ4n) is 2.96. The maximum Gasteiger partial charge on any atom is 0.233 e. The molecular weight excluding hydrogens is 394 g/mol. The second kappa shape index (κ2) is 13.0. The molecule has 0 saturated heterocycles. The van der Waals surface area contributed by atoms with Gasteiger partial charge in [0, 0.05) is 23.9 Å². The Balaban J connectivity index is 0.000000186. The number of aromatic nitrogens is 4. The lowest BCUT2D eigenvalue weighted by molar-refractivity contribution is -0.115. The first-order chi connectivity index (χ1) is 15.0. The molecule has 2 N–H and O–H groups in total. The van der Waals surface area contributed by atoms with Crippen molar-refractivity contribution in [2.45, 2.75) is 52.4 Å². The Kier molecular flexibility index (Phi) is 10.0. The number of aryl methyl sites for hydroxylation is 1. The molecule has 0 unspecified atom stereocenters. The molecule has 4 rings (SSSR count). The highest BCUT2D eigenvalue weighted by Gasteiger charge is 2.08. The predicted octanol–water partition coefficient (Wildman–Crippen LogP) is 4.96. The van der Waals surface area contributed by atoms with Crippen LogP contribution in [0.3, 0.4) is 0 Å². The van der Waals surface area contributed by atoms with Gasteiger partial charge in [-0.05, 0) is 25.5 Å². The second-order valence-electron chi connectivity index (χ2n) is 7.25. The Labute approximate surface area is 183 Å². The van der Waals surface area contributed by atoms with Crippen LogP contribution in [-0.2, 0) is 11.2 Å². The molecule has 3 aromatic heterocycles. The lowest BCUT2D eigenvalue weighted by Gasteiger charge is -2.05. The molecule has 1 amide bonds. The number of ether oxygens (including phenoxy) is 1. The molecule has 0 radical (unpaired) electrons. The Bertz CT molecular complexity index is 923. The summed E-state index contributed by atoms with van der Waals surface area (Å²) in [6, 6.07) is 5.29. The average molecular weight is 426 g/mol. The Morgan fingerprint density at radius 2 is 1.94 bits per heavy atom. The second-order valence-corrected chi connectivity index (χ2v) is 7.25. The number of hydrogen-bond acceptors (Lipinski definition) is 6. The molecule has 8 heteroatoms. The van der Waals surface area contributed by atoms with E-state index in [4.69, 9.17) is 9.26 Å². The molecule has 1 aliphatic carbocycles. The van der Waals surface area contributed by atoms with Crippen LogP contribution in [-0.4, -0.2) is 33.4 Å². The zero-order valence-electron chi connectivity index (χ0n) is 18.5. The number of carbonyl (C=O) groups excluding carboxylic acids is 1. The van der Waals surface area contributed by atoms with E-state index in [-0.39, 0.29) is 12.3 Å². The number of aromatic amines is 1. The van der Waals surface area contributed by atoms with Crippen LogP contribution < -0.4 is 10.1 Å². The van der Waals surface area contributed by atoms with Crippen LogP contribution >= 0.6 is 0 Å².